The van der Waals surface area contributed by atoms with Crippen LogP contribution in [0.5, 0.6) is 0 Å². The van der Waals surface area contributed by atoms with Crippen LogP contribution in [0.1, 0.15) is 26.5 Å². The van der Waals surface area contributed by atoms with Crippen molar-refractivity contribution >= 4 is 11.9 Å². The van der Waals surface area contributed by atoms with Crippen LogP contribution in [-0.4, -0.2) is 26.9 Å². The third-order valence-corrected chi connectivity index (χ3v) is 2.21. The van der Waals surface area contributed by atoms with Gasteiger partial charge in [-0.1, -0.05) is 30.3 Å². The average molecular weight is 245 g/mol. The molecule has 0 fully saturated rings. The first-order chi connectivity index (χ1) is 8.58. The Morgan fingerprint density at radius 1 is 1.00 bits per heavy atom. The van der Waals surface area contributed by atoms with E-state index in [1.807, 2.05) is 6.07 Å². The molecule has 0 radical (unpaired) electrons. The highest BCUT2D eigenvalue weighted by atomic mass is 16.4. The van der Waals surface area contributed by atoms with Gasteiger partial charge in [0.15, 0.2) is 0 Å². The van der Waals surface area contributed by atoms with Crippen molar-refractivity contribution < 1.29 is 19.8 Å². The summed E-state index contributed by atoms with van der Waals surface area (Å²) in [6.07, 6.45) is 0. The summed E-state index contributed by atoms with van der Waals surface area (Å²) in [6.45, 7) is 0.161. The van der Waals surface area contributed by atoms with Crippen molar-refractivity contribution in [2.75, 3.05) is 0 Å². The largest absolute Gasteiger partial charge is 0.543 e. The van der Waals surface area contributed by atoms with Crippen LogP contribution in [0.15, 0.2) is 30.3 Å². The number of carbonyl (C=O) groups excluding carboxylic acids is 2. The van der Waals surface area contributed by atoms with E-state index in [2.05, 4.69) is 10.2 Å². The van der Waals surface area contributed by atoms with Gasteiger partial charge in [0.1, 0.15) is 11.4 Å². The Morgan fingerprint density at radius 3 is 1.94 bits per heavy atom. The quantitative estimate of drug-likeness (QED) is 0.619. The molecule has 7 nitrogen and oxygen atoms in total. The lowest BCUT2D eigenvalue weighted by Crippen LogP contribution is -2.30. The van der Waals surface area contributed by atoms with E-state index in [1.54, 1.807) is 24.3 Å². The highest BCUT2D eigenvalue weighted by Gasteiger charge is 2.13. The fourth-order valence-electron chi connectivity index (χ4n) is 1.44. The van der Waals surface area contributed by atoms with Crippen molar-refractivity contribution in [1.29, 1.82) is 0 Å². The van der Waals surface area contributed by atoms with Crippen LogP contribution >= 0.6 is 0 Å². The summed E-state index contributed by atoms with van der Waals surface area (Å²) in [7, 11) is 0. The summed E-state index contributed by atoms with van der Waals surface area (Å²) in [6, 6.07) is 8.96. The Kier molecular flexibility index (Phi) is 3.05. The SMILES string of the molecule is O=C([O-])c1nn(Cc2ccccc2)nc1C(=O)[O-]. The number of nitrogens with zero attached hydrogens (tertiary/aromatic N) is 3. The molecule has 0 bridgehead atoms. The average Bonchev–Trinajstić information content (AvgIpc) is 2.74. The lowest BCUT2D eigenvalue weighted by atomic mass is 10.2. The second-order valence-corrected chi connectivity index (χ2v) is 3.49. The van der Waals surface area contributed by atoms with Gasteiger partial charge in [0, 0.05) is 0 Å². The van der Waals surface area contributed by atoms with E-state index in [-0.39, 0.29) is 6.54 Å². The van der Waals surface area contributed by atoms with Crippen LogP contribution in [0.3, 0.4) is 0 Å². The van der Waals surface area contributed by atoms with Crippen LogP contribution in [-0.2, 0) is 6.54 Å². The minimum absolute atomic E-state index is 0.161. The van der Waals surface area contributed by atoms with Crippen LogP contribution in [0.2, 0.25) is 0 Å². The van der Waals surface area contributed by atoms with Gasteiger partial charge in [0.2, 0.25) is 0 Å². The molecule has 1 heterocycles. The molecular weight excluding hydrogens is 238 g/mol. The summed E-state index contributed by atoms with van der Waals surface area (Å²) >= 11 is 0. The van der Waals surface area contributed by atoms with Gasteiger partial charge in [0.25, 0.3) is 0 Å². The lowest BCUT2D eigenvalue weighted by molar-refractivity contribution is -0.260. The molecule has 0 aliphatic heterocycles. The van der Waals surface area contributed by atoms with E-state index < -0.39 is 23.3 Å². The molecule has 0 aliphatic carbocycles. The van der Waals surface area contributed by atoms with Gasteiger partial charge >= 0.3 is 0 Å². The number of rotatable bonds is 4. The van der Waals surface area contributed by atoms with Crippen molar-refractivity contribution in [2.45, 2.75) is 6.54 Å². The van der Waals surface area contributed by atoms with Crippen molar-refractivity contribution in [3.8, 4) is 0 Å². The Morgan fingerprint density at radius 2 is 1.50 bits per heavy atom. The first kappa shape index (κ1) is 11.8. The molecule has 2 rings (SSSR count). The number of carboxylic acids is 2. The second-order valence-electron chi connectivity index (χ2n) is 3.49. The van der Waals surface area contributed by atoms with Crippen LogP contribution < -0.4 is 10.2 Å². The predicted molar refractivity (Wildman–Crippen MR) is 54.2 cm³/mol. The molecule has 0 atom stereocenters. The van der Waals surface area contributed by atoms with E-state index in [9.17, 15) is 19.8 Å². The van der Waals surface area contributed by atoms with Crippen molar-refractivity contribution in [3.63, 3.8) is 0 Å². The number of benzene rings is 1. The zero-order valence-corrected chi connectivity index (χ0v) is 9.07. The van der Waals surface area contributed by atoms with E-state index in [1.165, 1.54) is 0 Å². The van der Waals surface area contributed by atoms with Gasteiger partial charge in [-0.15, -0.1) is 0 Å². The van der Waals surface area contributed by atoms with Gasteiger partial charge in [-0.25, -0.2) is 0 Å². The molecule has 0 N–H and O–H groups in total. The van der Waals surface area contributed by atoms with Gasteiger partial charge < -0.3 is 19.8 Å². The maximum atomic E-state index is 10.7. The molecule has 0 saturated heterocycles. The third-order valence-electron chi connectivity index (χ3n) is 2.21. The second kappa shape index (κ2) is 4.66. The Hall–Kier alpha value is -2.70. The Labute approximate surface area is 101 Å². The Bertz CT molecular complexity index is 560. The fourth-order valence-corrected chi connectivity index (χ4v) is 1.44. The van der Waals surface area contributed by atoms with Gasteiger partial charge in [-0.05, 0) is 5.56 Å². The zero-order chi connectivity index (χ0) is 13.1. The maximum Gasteiger partial charge on any atom is 0.137 e. The summed E-state index contributed by atoms with van der Waals surface area (Å²) in [4.78, 5) is 22.3. The van der Waals surface area contributed by atoms with Crippen molar-refractivity contribution in [1.82, 2.24) is 15.0 Å². The van der Waals surface area contributed by atoms with Crippen LogP contribution in [0.25, 0.3) is 0 Å². The summed E-state index contributed by atoms with van der Waals surface area (Å²) in [5.74, 6) is -3.40. The normalized spacial score (nSPS) is 10.2. The maximum absolute atomic E-state index is 10.7. The minimum atomic E-state index is -1.70. The molecular formula is C11H7N3O4-2. The summed E-state index contributed by atoms with van der Waals surface area (Å²) < 4.78 is 0. The first-order valence-corrected chi connectivity index (χ1v) is 4.99. The molecule has 0 aliphatic rings. The minimum Gasteiger partial charge on any atom is -0.543 e. The van der Waals surface area contributed by atoms with E-state index in [0.29, 0.717) is 0 Å². The number of hydrogen-bond donors (Lipinski definition) is 0. The fraction of sp³-hybridized carbons (Fsp3) is 0.0909. The molecule has 2 aromatic rings. The monoisotopic (exact) mass is 245 g/mol. The van der Waals surface area contributed by atoms with Crippen molar-refractivity contribution in [2.24, 2.45) is 0 Å². The van der Waals surface area contributed by atoms with Gasteiger partial charge in [-0.2, -0.15) is 15.0 Å². The zero-order valence-electron chi connectivity index (χ0n) is 9.07. The van der Waals surface area contributed by atoms with Gasteiger partial charge in [-0.3, -0.25) is 0 Å². The summed E-state index contributed by atoms with van der Waals surface area (Å²) in [5, 5.41) is 28.4. The highest BCUT2D eigenvalue weighted by Crippen LogP contribution is 2.04. The van der Waals surface area contributed by atoms with Gasteiger partial charge in [0.05, 0.1) is 18.5 Å². The number of aromatic carboxylic acids is 2. The predicted octanol–water partition coefficient (Wildman–Crippen LogP) is -1.95. The number of carboxylic acid groups (broad SMARTS) is 2. The van der Waals surface area contributed by atoms with E-state index in [4.69, 9.17) is 0 Å². The van der Waals surface area contributed by atoms with Crippen LogP contribution in [0, 0.1) is 0 Å². The molecule has 0 amide bonds. The molecule has 1 aromatic heterocycles. The molecule has 1 aromatic carbocycles. The first-order valence-electron chi connectivity index (χ1n) is 4.99. The molecule has 7 heteroatoms. The molecule has 0 spiro atoms. The standard InChI is InChI=1S/C11H9N3O4/c15-10(16)8-9(11(17)18)13-14(12-8)6-7-4-2-1-3-5-7/h1-5H,6H2,(H,15,16)(H,17,18)/p-2. The lowest BCUT2D eigenvalue weighted by Gasteiger charge is -1.99. The molecule has 0 saturated carbocycles. The number of carbonyl (C=O) groups is 2. The molecule has 0 unspecified atom stereocenters. The summed E-state index contributed by atoms with van der Waals surface area (Å²) in [5.41, 5.74) is -0.654. The number of hydrogen-bond acceptors (Lipinski definition) is 6. The smallest absolute Gasteiger partial charge is 0.137 e. The number of aromatic nitrogens is 3. The molecule has 92 valence electrons. The molecule has 18 heavy (non-hydrogen) atoms. The van der Waals surface area contributed by atoms with E-state index >= 15 is 0 Å². The Balaban J connectivity index is 2.33. The van der Waals surface area contributed by atoms with Crippen molar-refractivity contribution in [3.05, 3.63) is 47.3 Å². The van der Waals surface area contributed by atoms with E-state index in [0.717, 1.165) is 10.4 Å². The van der Waals surface area contributed by atoms with Crippen LogP contribution in [0.4, 0.5) is 0 Å². The topological polar surface area (TPSA) is 111 Å². The highest BCUT2D eigenvalue weighted by molar-refractivity contribution is 5.96. The third kappa shape index (κ3) is 2.34.